The van der Waals surface area contributed by atoms with Crippen LogP contribution in [0.25, 0.3) is 0 Å². The SMILES string of the molecule is [2H]c1c([2H])c(S(=O)(=O)CC(C)(O)C(=O)Nc2ccc(C#N)c(C(F)(F)F)c2)c([2H])c([2H])c1F. The van der Waals surface area contributed by atoms with Gasteiger partial charge in [0.1, 0.15) is 5.82 Å². The molecule has 2 aromatic rings. The molecule has 0 bridgehead atoms. The van der Waals surface area contributed by atoms with Crippen LogP contribution in [-0.4, -0.2) is 30.8 Å². The zero-order valence-corrected chi connectivity index (χ0v) is 15.3. The van der Waals surface area contributed by atoms with Crippen molar-refractivity contribution in [2.45, 2.75) is 23.6 Å². The van der Waals surface area contributed by atoms with Crippen molar-refractivity contribution in [3.63, 3.8) is 0 Å². The molecule has 1 unspecified atom stereocenters. The van der Waals surface area contributed by atoms with E-state index in [0.717, 1.165) is 12.1 Å². The number of nitriles is 1. The number of benzene rings is 2. The van der Waals surface area contributed by atoms with Gasteiger partial charge in [-0.25, -0.2) is 12.8 Å². The quantitative estimate of drug-likeness (QED) is 0.556. The van der Waals surface area contributed by atoms with Crippen molar-refractivity contribution in [2.75, 3.05) is 11.1 Å². The predicted molar refractivity (Wildman–Crippen MR) is 93.9 cm³/mol. The molecule has 154 valence electrons. The van der Waals surface area contributed by atoms with E-state index >= 15 is 0 Å². The number of alkyl halides is 3. The number of aliphatic hydroxyl groups is 1. The fourth-order valence-corrected chi connectivity index (χ4v) is 3.60. The molecule has 0 aliphatic carbocycles. The van der Waals surface area contributed by atoms with Crippen molar-refractivity contribution in [1.29, 1.82) is 5.26 Å². The maximum absolute atomic E-state index is 13.7. The molecule has 2 N–H and O–H groups in total. The van der Waals surface area contributed by atoms with Gasteiger partial charge in [-0.1, -0.05) is 0 Å². The summed E-state index contributed by atoms with van der Waals surface area (Å²) in [5, 5.41) is 21.1. The Labute approximate surface area is 168 Å². The van der Waals surface area contributed by atoms with Crippen molar-refractivity contribution in [2.24, 2.45) is 0 Å². The van der Waals surface area contributed by atoms with Gasteiger partial charge < -0.3 is 10.4 Å². The molecule has 2 aromatic carbocycles. The topological polar surface area (TPSA) is 107 Å². The molecule has 1 atom stereocenters. The minimum absolute atomic E-state index is 0.406. The molecule has 2 rings (SSSR count). The van der Waals surface area contributed by atoms with Crippen molar-refractivity contribution in [1.82, 2.24) is 0 Å². The highest BCUT2D eigenvalue weighted by Crippen LogP contribution is 2.33. The summed E-state index contributed by atoms with van der Waals surface area (Å²) >= 11 is 0. The largest absolute Gasteiger partial charge is 0.417 e. The Kier molecular flexibility index (Phi) is 4.56. The molecule has 1 amide bonds. The molecule has 11 heteroatoms. The fraction of sp³-hybridized carbons (Fsp3) is 0.222. The highest BCUT2D eigenvalue weighted by Gasteiger charge is 2.38. The third kappa shape index (κ3) is 5.30. The molecule has 0 fully saturated rings. The van der Waals surface area contributed by atoms with Gasteiger partial charge in [0.05, 0.1) is 33.3 Å². The molecule has 0 aliphatic heterocycles. The van der Waals surface area contributed by atoms with Crippen LogP contribution in [0.3, 0.4) is 0 Å². The maximum atomic E-state index is 13.7. The van der Waals surface area contributed by atoms with E-state index in [0.29, 0.717) is 13.0 Å². The summed E-state index contributed by atoms with van der Waals surface area (Å²) in [6.45, 7) is 0.689. The predicted octanol–water partition coefficient (Wildman–Crippen LogP) is 2.88. The third-order valence-corrected chi connectivity index (χ3v) is 5.31. The second kappa shape index (κ2) is 7.81. The average Bonchev–Trinajstić information content (AvgIpc) is 2.69. The minimum Gasteiger partial charge on any atom is -0.379 e. The van der Waals surface area contributed by atoms with Crippen LogP contribution in [0.1, 0.15) is 23.5 Å². The Balaban J connectivity index is 2.41. The maximum Gasteiger partial charge on any atom is 0.417 e. The van der Waals surface area contributed by atoms with Crippen LogP contribution in [0.2, 0.25) is 0 Å². The first-order valence-electron chi connectivity index (χ1n) is 9.57. The van der Waals surface area contributed by atoms with E-state index < -0.39 is 85.0 Å². The number of sulfone groups is 1. The number of hydrogen-bond donors (Lipinski definition) is 2. The van der Waals surface area contributed by atoms with Gasteiger partial charge in [-0.3, -0.25) is 4.79 Å². The van der Waals surface area contributed by atoms with E-state index in [2.05, 4.69) is 0 Å². The molecule has 0 aromatic heterocycles. The molecular formula is C18H14F4N2O4S. The molecule has 0 saturated heterocycles. The number of carbonyl (C=O) groups excluding carboxylic acids is 1. The number of halogens is 4. The van der Waals surface area contributed by atoms with Crippen molar-refractivity contribution < 1.29 is 41.4 Å². The second-order valence-corrected chi connectivity index (χ2v) is 7.93. The molecule has 0 heterocycles. The first kappa shape index (κ1) is 16.9. The highest BCUT2D eigenvalue weighted by atomic mass is 32.2. The lowest BCUT2D eigenvalue weighted by atomic mass is 10.1. The van der Waals surface area contributed by atoms with Gasteiger partial charge in [-0.2, -0.15) is 18.4 Å². The zero-order chi connectivity index (χ0) is 25.5. The Morgan fingerprint density at radius 3 is 2.38 bits per heavy atom. The smallest absolute Gasteiger partial charge is 0.379 e. The van der Waals surface area contributed by atoms with Crippen LogP contribution >= 0.6 is 0 Å². The van der Waals surface area contributed by atoms with Crippen molar-refractivity contribution in [3.8, 4) is 6.07 Å². The number of amides is 1. The summed E-state index contributed by atoms with van der Waals surface area (Å²) in [5.74, 6) is -4.59. The molecule has 29 heavy (non-hydrogen) atoms. The highest BCUT2D eigenvalue weighted by molar-refractivity contribution is 7.91. The summed E-state index contributed by atoms with van der Waals surface area (Å²) in [5.41, 5.74) is -5.47. The van der Waals surface area contributed by atoms with E-state index in [-0.39, 0.29) is 0 Å². The van der Waals surface area contributed by atoms with Gasteiger partial charge >= 0.3 is 6.18 Å². The Hall–Kier alpha value is -2.97. The van der Waals surface area contributed by atoms with E-state index in [1.165, 1.54) is 6.07 Å². The molecule has 0 spiro atoms. The number of hydrogen-bond acceptors (Lipinski definition) is 5. The Morgan fingerprint density at radius 2 is 1.86 bits per heavy atom. The van der Waals surface area contributed by atoms with Crippen LogP contribution < -0.4 is 5.32 Å². The molecule has 0 saturated carbocycles. The second-order valence-electron chi connectivity index (χ2n) is 6.00. The monoisotopic (exact) mass is 434 g/mol. The summed E-state index contributed by atoms with van der Waals surface area (Å²) in [4.78, 5) is 11.2. The van der Waals surface area contributed by atoms with Crippen LogP contribution in [0.15, 0.2) is 47.3 Å². The lowest BCUT2D eigenvalue weighted by Gasteiger charge is -2.22. The molecular weight excluding hydrogens is 416 g/mol. The van der Waals surface area contributed by atoms with Gasteiger partial charge in [0.2, 0.25) is 0 Å². The van der Waals surface area contributed by atoms with Gasteiger partial charge in [-0.05, 0) is 49.3 Å². The molecule has 0 radical (unpaired) electrons. The zero-order valence-electron chi connectivity index (χ0n) is 18.5. The van der Waals surface area contributed by atoms with E-state index in [1.807, 2.05) is 5.32 Å². The summed E-state index contributed by atoms with van der Waals surface area (Å²) in [6, 6.07) is -1.67. The standard InChI is InChI=1S/C18H14F4N2O4S/c1-17(26,10-29(27,28)14-6-3-12(19)4-7-14)16(25)24-13-5-2-11(9-23)15(8-13)18(20,21)22/h2-8,26H,10H2,1H3,(H,24,25)/i3D,4D,6D,7D. The number of nitrogens with zero attached hydrogens (tertiary/aromatic N) is 1. The van der Waals surface area contributed by atoms with Gasteiger partial charge in [0.25, 0.3) is 5.91 Å². The van der Waals surface area contributed by atoms with Crippen LogP contribution in [0, 0.1) is 17.1 Å². The summed E-state index contributed by atoms with van der Waals surface area (Å²) < 4.78 is 108. The van der Waals surface area contributed by atoms with Crippen LogP contribution in [0.4, 0.5) is 23.2 Å². The average molecular weight is 434 g/mol. The van der Waals surface area contributed by atoms with Crippen molar-refractivity contribution in [3.05, 3.63) is 59.3 Å². The van der Waals surface area contributed by atoms with E-state index in [1.54, 1.807) is 0 Å². The summed E-state index contributed by atoms with van der Waals surface area (Å²) in [7, 11) is -4.94. The minimum atomic E-state index is -4.95. The Morgan fingerprint density at radius 1 is 1.28 bits per heavy atom. The Bertz CT molecular complexity index is 1260. The van der Waals surface area contributed by atoms with Gasteiger partial charge in [-0.15, -0.1) is 0 Å². The van der Waals surface area contributed by atoms with Crippen LogP contribution in [0.5, 0.6) is 0 Å². The van der Waals surface area contributed by atoms with E-state index in [9.17, 15) is 35.9 Å². The first-order valence-corrected chi connectivity index (χ1v) is 9.23. The van der Waals surface area contributed by atoms with Gasteiger partial charge in [0, 0.05) is 5.69 Å². The van der Waals surface area contributed by atoms with Crippen molar-refractivity contribution >= 4 is 21.4 Å². The first-order chi connectivity index (χ1) is 14.9. The van der Waals surface area contributed by atoms with E-state index in [4.69, 9.17) is 10.7 Å². The van der Waals surface area contributed by atoms with Gasteiger partial charge in [0.15, 0.2) is 15.4 Å². The fourth-order valence-electron chi connectivity index (χ4n) is 2.17. The number of rotatable bonds is 5. The molecule has 6 nitrogen and oxygen atoms in total. The number of nitrogens with one attached hydrogen (secondary N) is 1. The van der Waals surface area contributed by atoms with Crippen LogP contribution in [-0.2, 0) is 20.8 Å². The normalized spacial score (nSPS) is 15.9. The molecule has 0 aliphatic rings. The third-order valence-electron chi connectivity index (χ3n) is 3.55. The lowest BCUT2D eigenvalue weighted by Crippen LogP contribution is -2.45. The number of anilines is 1. The summed E-state index contributed by atoms with van der Waals surface area (Å²) in [6.07, 6.45) is -4.95. The lowest BCUT2D eigenvalue weighted by molar-refractivity contribution is -0.137. The number of carbonyl (C=O) groups is 1.